The van der Waals surface area contributed by atoms with Gasteiger partial charge in [0.2, 0.25) is 11.8 Å². The number of hydrogen-bond acceptors (Lipinski definition) is 8. The molecule has 0 aliphatic carbocycles. The molecule has 1 aliphatic rings. The fraction of sp³-hybridized carbons (Fsp3) is 0.579. The molecule has 0 bridgehead atoms. The summed E-state index contributed by atoms with van der Waals surface area (Å²) < 4.78 is 54.6. The number of nitrogens with zero attached hydrogens (tertiary/aromatic N) is 4. The molecule has 1 amide bonds. The van der Waals surface area contributed by atoms with E-state index < -0.39 is 30.6 Å². The molecule has 32 heavy (non-hydrogen) atoms. The van der Waals surface area contributed by atoms with Crippen LogP contribution in [-0.4, -0.2) is 68.7 Å². The molecule has 13 heteroatoms. The van der Waals surface area contributed by atoms with Crippen LogP contribution in [0.4, 0.5) is 29.6 Å². The highest BCUT2D eigenvalue weighted by Crippen LogP contribution is 2.23. The normalized spacial score (nSPS) is 19.4. The van der Waals surface area contributed by atoms with Gasteiger partial charge in [-0.05, 0) is 33.6 Å². The van der Waals surface area contributed by atoms with Gasteiger partial charge in [0.1, 0.15) is 11.7 Å². The number of hydrogen-bond donors (Lipinski definition) is 2. The number of carbonyl (C=O) groups is 1. The van der Waals surface area contributed by atoms with Gasteiger partial charge in [-0.15, -0.1) is 0 Å². The number of nitrogens with one attached hydrogen (secondary N) is 2. The first-order valence-electron chi connectivity index (χ1n) is 9.97. The van der Waals surface area contributed by atoms with Gasteiger partial charge in [0, 0.05) is 12.6 Å². The Balaban J connectivity index is 1.60. The maximum Gasteiger partial charge on any atom is 0.410 e. The third kappa shape index (κ3) is 6.89. The van der Waals surface area contributed by atoms with Gasteiger partial charge in [-0.2, -0.15) is 18.9 Å². The summed E-state index contributed by atoms with van der Waals surface area (Å²) in [5.74, 6) is 0.207. The maximum absolute atomic E-state index is 14.9. The van der Waals surface area contributed by atoms with E-state index in [1.807, 2.05) is 0 Å². The number of H-pyrrole nitrogens is 1. The molecule has 0 saturated carbocycles. The predicted molar refractivity (Wildman–Crippen MR) is 107 cm³/mol. The molecule has 3 heterocycles. The fourth-order valence-electron chi connectivity index (χ4n) is 2.98. The Hall–Kier alpha value is -3.25. The minimum absolute atomic E-state index is 0.0629. The largest absolute Gasteiger partial charge is 0.470 e. The van der Waals surface area contributed by atoms with Crippen LogP contribution < -0.4 is 14.8 Å². The number of rotatable bonds is 6. The number of ether oxygens (including phenoxy) is 3. The van der Waals surface area contributed by atoms with Gasteiger partial charge in [-0.25, -0.2) is 14.3 Å². The Labute approximate surface area is 182 Å². The molecule has 0 unspecified atom stereocenters. The summed E-state index contributed by atoms with van der Waals surface area (Å²) in [5, 5.41) is 8.82. The van der Waals surface area contributed by atoms with Gasteiger partial charge < -0.3 is 24.4 Å². The van der Waals surface area contributed by atoms with Crippen molar-refractivity contribution in [3.63, 3.8) is 0 Å². The van der Waals surface area contributed by atoms with Crippen LogP contribution in [0, 0.1) is 0 Å². The zero-order valence-electron chi connectivity index (χ0n) is 17.8. The highest BCUT2D eigenvalue weighted by atomic mass is 19.3. The van der Waals surface area contributed by atoms with Crippen LogP contribution >= 0.6 is 0 Å². The van der Waals surface area contributed by atoms with Gasteiger partial charge in [0.25, 0.3) is 0 Å². The lowest BCUT2D eigenvalue weighted by Crippen LogP contribution is -2.42. The Kier molecular flexibility index (Phi) is 7.26. The van der Waals surface area contributed by atoms with Crippen LogP contribution in [0.1, 0.15) is 33.6 Å². The van der Waals surface area contributed by atoms with E-state index in [4.69, 9.17) is 9.47 Å². The lowest BCUT2D eigenvalue weighted by molar-refractivity contribution is -0.0528. The first-order chi connectivity index (χ1) is 15.1. The molecule has 0 aromatic carbocycles. The Bertz CT molecular complexity index is 907. The Morgan fingerprint density at radius 1 is 1.31 bits per heavy atom. The zero-order chi connectivity index (χ0) is 23.3. The lowest BCUT2D eigenvalue weighted by atomic mass is 10.1. The minimum Gasteiger partial charge on any atom is -0.470 e. The summed E-state index contributed by atoms with van der Waals surface area (Å²) in [5.41, 5.74) is -0.672. The smallest absolute Gasteiger partial charge is 0.410 e. The Morgan fingerprint density at radius 2 is 2.09 bits per heavy atom. The van der Waals surface area contributed by atoms with Crippen LogP contribution in [0.5, 0.6) is 11.8 Å². The number of likely N-dealkylation sites (tertiary alicyclic amines) is 1. The number of aromatic amines is 1. The average Bonchev–Trinajstić information content (AvgIpc) is 3.02. The minimum atomic E-state index is -2.99. The van der Waals surface area contributed by atoms with Gasteiger partial charge in [0.05, 0.1) is 18.9 Å². The van der Waals surface area contributed by atoms with Gasteiger partial charge >= 0.3 is 12.7 Å². The second kappa shape index (κ2) is 9.92. The van der Waals surface area contributed by atoms with Gasteiger partial charge in [0.15, 0.2) is 17.8 Å². The van der Waals surface area contributed by atoms with Crippen molar-refractivity contribution in [2.75, 3.05) is 18.4 Å². The van der Waals surface area contributed by atoms with Crippen LogP contribution in [0.15, 0.2) is 18.5 Å². The number of amides is 1. The van der Waals surface area contributed by atoms with Gasteiger partial charge in [-0.3, -0.25) is 4.98 Å². The third-order valence-corrected chi connectivity index (χ3v) is 4.28. The van der Waals surface area contributed by atoms with Crippen molar-refractivity contribution >= 4 is 17.7 Å². The number of alkyl halides is 3. The van der Waals surface area contributed by atoms with Gasteiger partial charge in [-0.1, -0.05) is 0 Å². The molecule has 176 valence electrons. The summed E-state index contributed by atoms with van der Waals surface area (Å²) in [4.78, 5) is 21.8. The van der Waals surface area contributed by atoms with Crippen molar-refractivity contribution < 1.29 is 32.2 Å². The standard InChI is InChI=1S/C19H25F3N6O4/c1-19(2,3)32-18(29)28-6-4-5-12(11(20)10-28)30-16-9-23-8-14(25-16)24-13-7-15(27-26-13)31-17(21)22/h7-9,11-12,17H,4-6,10H2,1-3H3,(H2,24,25,26,27)/t11-,12-/m1/s1. The summed E-state index contributed by atoms with van der Waals surface area (Å²) in [6.45, 7) is 2.44. The molecule has 10 nitrogen and oxygen atoms in total. The second-order valence-corrected chi connectivity index (χ2v) is 8.10. The number of anilines is 2. The monoisotopic (exact) mass is 458 g/mol. The highest BCUT2D eigenvalue weighted by Gasteiger charge is 2.33. The molecule has 2 aromatic rings. The summed E-state index contributed by atoms with van der Waals surface area (Å²) in [7, 11) is 0. The van der Waals surface area contributed by atoms with Crippen LogP contribution in [0.25, 0.3) is 0 Å². The van der Waals surface area contributed by atoms with Crippen LogP contribution in [0.2, 0.25) is 0 Å². The van der Waals surface area contributed by atoms with E-state index in [1.165, 1.54) is 23.4 Å². The molecule has 2 atom stereocenters. The molecular formula is C19H25F3N6O4. The van der Waals surface area contributed by atoms with Crippen LogP contribution in [-0.2, 0) is 4.74 Å². The first-order valence-corrected chi connectivity index (χ1v) is 9.97. The molecule has 0 spiro atoms. The fourth-order valence-corrected chi connectivity index (χ4v) is 2.98. The molecule has 1 aliphatic heterocycles. The topological polar surface area (TPSA) is 114 Å². The third-order valence-electron chi connectivity index (χ3n) is 4.28. The van der Waals surface area contributed by atoms with E-state index in [-0.39, 0.29) is 29.9 Å². The van der Waals surface area contributed by atoms with Crippen molar-refractivity contribution in [1.82, 2.24) is 25.1 Å². The molecule has 1 fully saturated rings. The SMILES string of the molecule is CC(C)(C)OC(=O)N1CCC[C@@H](Oc2cncc(Nc3cc(OC(F)F)[nH]n3)n2)[C@H](F)C1. The van der Waals surface area contributed by atoms with E-state index in [0.29, 0.717) is 19.4 Å². The number of carbonyl (C=O) groups excluding carboxylic acids is 1. The number of aromatic nitrogens is 4. The predicted octanol–water partition coefficient (Wildman–Crippen LogP) is 3.66. The lowest BCUT2D eigenvalue weighted by Gasteiger charge is -2.27. The molecular weight excluding hydrogens is 433 g/mol. The van der Waals surface area contributed by atoms with Crippen LogP contribution in [0.3, 0.4) is 0 Å². The molecule has 1 saturated heterocycles. The molecule has 0 radical (unpaired) electrons. The van der Waals surface area contributed by atoms with E-state index in [2.05, 4.69) is 30.2 Å². The van der Waals surface area contributed by atoms with Crippen molar-refractivity contribution in [2.45, 2.75) is 58.1 Å². The summed E-state index contributed by atoms with van der Waals surface area (Å²) in [6.07, 6.45) is 0.723. The quantitative estimate of drug-likeness (QED) is 0.674. The molecule has 3 rings (SSSR count). The van der Waals surface area contributed by atoms with Crippen molar-refractivity contribution in [1.29, 1.82) is 0 Å². The van der Waals surface area contributed by atoms with Crippen molar-refractivity contribution in [3.8, 4) is 11.8 Å². The Morgan fingerprint density at radius 3 is 2.81 bits per heavy atom. The number of halogens is 3. The zero-order valence-corrected chi connectivity index (χ0v) is 17.8. The first kappa shape index (κ1) is 23.4. The van der Waals surface area contributed by atoms with E-state index in [9.17, 15) is 18.0 Å². The average molecular weight is 458 g/mol. The van der Waals surface area contributed by atoms with E-state index in [0.717, 1.165) is 0 Å². The van der Waals surface area contributed by atoms with Crippen molar-refractivity contribution in [2.24, 2.45) is 0 Å². The summed E-state index contributed by atoms with van der Waals surface area (Å²) >= 11 is 0. The van der Waals surface area contributed by atoms with E-state index in [1.54, 1.807) is 20.8 Å². The summed E-state index contributed by atoms with van der Waals surface area (Å²) in [6, 6.07) is 1.22. The maximum atomic E-state index is 14.9. The highest BCUT2D eigenvalue weighted by molar-refractivity contribution is 5.68. The second-order valence-electron chi connectivity index (χ2n) is 8.10. The van der Waals surface area contributed by atoms with E-state index >= 15 is 0 Å². The molecule has 2 aromatic heterocycles. The van der Waals surface area contributed by atoms with Crippen molar-refractivity contribution in [3.05, 3.63) is 18.5 Å². The molecule has 2 N–H and O–H groups in total.